The van der Waals surface area contributed by atoms with E-state index in [0.717, 1.165) is 25.0 Å². The molecule has 5 nitrogen and oxygen atoms in total. The number of hydrogen-bond acceptors (Lipinski definition) is 5. The van der Waals surface area contributed by atoms with Crippen molar-refractivity contribution in [1.82, 2.24) is 4.98 Å². The third kappa shape index (κ3) is 2.81. The number of carbonyl (C=O) groups excluding carboxylic acids is 1. The highest BCUT2D eigenvalue weighted by atomic mass is 16.5. The van der Waals surface area contributed by atoms with Crippen LogP contribution in [0.4, 0.5) is 5.82 Å². The lowest BCUT2D eigenvalue weighted by Gasteiger charge is -2.08. The maximum atomic E-state index is 11.5. The summed E-state index contributed by atoms with van der Waals surface area (Å²) in [6.07, 6.45) is 4.31. The Morgan fingerprint density at radius 3 is 3.18 bits per heavy atom. The van der Waals surface area contributed by atoms with E-state index < -0.39 is 0 Å². The molecular formula is C12H15N3O2. The summed E-state index contributed by atoms with van der Waals surface area (Å²) < 4.78 is 4.75. The van der Waals surface area contributed by atoms with Gasteiger partial charge in [-0.2, -0.15) is 5.10 Å². The Kier molecular flexibility index (Phi) is 3.69. The Morgan fingerprint density at radius 1 is 1.59 bits per heavy atom. The summed E-state index contributed by atoms with van der Waals surface area (Å²) in [6.45, 7) is 0. The van der Waals surface area contributed by atoms with Crippen LogP contribution in [0.1, 0.15) is 19.3 Å². The summed E-state index contributed by atoms with van der Waals surface area (Å²) >= 11 is 0. The van der Waals surface area contributed by atoms with Gasteiger partial charge in [0.15, 0.2) is 0 Å². The van der Waals surface area contributed by atoms with Gasteiger partial charge in [-0.25, -0.2) is 4.98 Å². The topological polar surface area (TPSA) is 63.6 Å². The highest BCUT2D eigenvalue weighted by molar-refractivity contribution is 6.03. The number of rotatable bonds is 3. The van der Waals surface area contributed by atoms with Gasteiger partial charge < -0.3 is 4.74 Å². The van der Waals surface area contributed by atoms with Crippen LogP contribution < -0.4 is 5.43 Å². The summed E-state index contributed by atoms with van der Waals surface area (Å²) in [6, 6.07) is 5.54. The van der Waals surface area contributed by atoms with Crippen LogP contribution in [0, 0.1) is 5.92 Å². The molecule has 1 saturated carbocycles. The van der Waals surface area contributed by atoms with Crippen molar-refractivity contribution in [1.29, 1.82) is 0 Å². The molecule has 2 rings (SSSR count). The van der Waals surface area contributed by atoms with Gasteiger partial charge in [-0.1, -0.05) is 6.07 Å². The van der Waals surface area contributed by atoms with Crippen molar-refractivity contribution in [3.05, 3.63) is 24.4 Å². The molecular weight excluding hydrogens is 218 g/mol. The van der Waals surface area contributed by atoms with Crippen LogP contribution in [0.5, 0.6) is 0 Å². The van der Waals surface area contributed by atoms with Crippen molar-refractivity contribution in [3.8, 4) is 0 Å². The lowest BCUT2D eigenvalue weighted by atomic mass is 10.1. The molecule has 5 heteroatoms. The third-order valence-electron chi connectivity index (χ3n) is 2.79. The first-order valence-corrected chi connectivity index (χ1v) is 5.62. The van der Waals surface area contributed by atoms with Crippen LogP contribution in [0.2, 0.25) is 0 Å². The Morgan fingerprint density at radius 2 is 2.47 bits per heavy atom. The number of anilines is 1. The number of pyridine rings is 1. The molecule has 17 heavy (non-hydrogen) atoms. The number of carbonyl (C=O) groups is 1. The summed E-state index contributed by atoms with van der Waals surface area (Å²) in [7, 11) is 1.41. The SMILES string of the molecule is COC(=O)C1CCC/C1=N\Nc1ccccn1. The fourth-order valence-electron chi connectivity index (χ4n) is 1.92. The lowest BCUT2D eigenvalue weighted by molar-refractivity contribution is -0.142. The molecule has 0 bridgehead atoms. The van der Waals surface area contributed by atoms with E-state index in [0.29, 0.717) is 5.82 Å². The average Bonchev–Trinajstić information content (AvgIpc) is 2.85. The highest BCUT2D eigenvalue weighted by Gasteiger charge is 2.30. The minimum atomic E-state index is -0.205. The summed E-state index contributed by atoms with van der Waals surface area (Å²) in [5.74, 6) is 0.274. The van der Waals surface area contributed by atoms with Gasteiger partial charge in [0, 0.05) is 6.20 Å². The monoisotopic (exact) mass is 233 g/mol. The van der Waals surface area contributed by atoms with Crippen LogP contribution in [-0.2, 0) is 9.53 Å². The van der Waals surface area contributed by atoms with E-state index in [1.807, 2.05) is 18.2 Å². The van der Waals surface area contributed by atoms with Crippen LogP contribution >= 0.6 is 0 Å². The molecule has 0 radical (unpaired) electrons. The second-order valence-corrected chi connectivity index (χ2v) is 3.90. The number of nitrogens with one attached hydrogen (secondary N) is 1. The van der Waals surface area contributed by atoms with E-state index in [2.05, 4.69) is 15.5 Å². The molecule has 0 amide bonds. The Hall–Kier alpha value is -1.91. The minimum Gasteiger partial charge on any atom is -0.469 e. The van der Waals surface area contributed by atoms with Crippen LogP contribution in [-0.4, -0.2) is 23.8 Å². The van der Waals surface area contributed by atoms with Gasteiger partial charge in [0.2, 0.25) is 0 Å². The molecule has 1 N–H and O–H groups in total. The van der Waals surface area contributed by atoms with Gasteiger partial charge in [0.1, 0.15) is 5.82 Å². The molecule has 1 aliphatic rings. The van der Waals surface area contributed by atoms with Gasteiger partial charge in [-0.05, 0) is 31.4 Å². The maximum Gasteiger partial charge on any atom is 0.314 e. The first-order valence-electron chi connectivity index (χ1n) is 5.62. The molecule has 1 unspecified atom stereocenters. The van der Waals surface area contributed by atoms with Crippen molar-refractivity contribution in [3.63, 3.8) is 0 Å². The highest BCUT2D eigenvalue weighted by Crippen LogP contribution is 2.24. The van der Waals surface area contributed by atoms with Gasteiger partial charge >= 0.3 is 5.97 Å². The predicted molar refractivity (Wildman–Crippen MR) is 64.7 cm³/mol. The third-order valence-corrected chi connectivity index (χ3v) is 2.79. The Labute approximate surface area is 99.9 Å². The number of methoxy groups -OCH3 is 1. The smallest absolute Gasteiger partial charge is 0.314 e. The second kappa shape index (κ2) is 5.43. The van der Waals surface area contributed by atoms with Crippen LogP contribution in [0.3, 0.4) is 0 Å². The number of aromatic nitrogens is 1. The van der Waals surface area contributed by atoms with E-state index in [9.17, 15) is 4.79 Å². The predicted octanol–water partition coefficient (Wildman–Crippen LogP) is 1.82. The van der Waals surface area contributed by atoms with E-state index >= 15 is 0 Å². The Bertz CT molecular complexity index is 417. The number of hydrazone groups is 1. The fourth-order valence-corrected chi connectivity index (χ4v) is 1.92. The molecule has 1 aromatic rings. The van der Waals surface area contributed by atoms with Crippen molar-refractivity contribution in [2.75, 3.05) is 12.5 Å². The van der Waals surface area contributed by atoms with Gasteiger partial charge in [-0.15, -0.1) is 0 Å². The molecule has 0 aliphatic heterocycles. The fraction of sp³-hybridized carbons (Fsp3) is 0.417. The number of ether oxygens (including phenoxy) is 1. The zero-order valence-electron chi connectivity index (χ0n) is 9.72. The average molecular weight is 233 g/mol. The molecule has 0 saturated heterocycles. The van der Waals surface area contributed by atoms with E-state index in [4.69, 9.17) is 4.74 Å². The summed E-state index contributed by atoms with van der Waals surface area (Å²) in [4.78, 5) is 15.6. The first kappa shape index (κ1) is 11.6. The number of hydrogen-bond donors (Lipinski definition) is 1. The molecule has 90 valence electrons. The lowest BCUT2D eigenvalue weighted by Crippen LogP contribution is -2.21. The van der Waals surface area contributed by atoms with E-state index in [-0.39, 0.29) is 11.9 Å². The zero-order valence-corrected chi connectivity index (χ0v) is 9.72. The number of nitrogens with zero attached hydrogens (tertiary/aromatic N) is 2. The molecule has 0 spiro atoms. The molecule has 1 heterocycles. The Balaban J connectivity index is 2.04. The summed E-state index contributed by atoms with van der Waals surface area (Å²) in [5.41, 5.74) is 3.71. The van der Waals surface area contributed by atoms with Crippen LogP contribution in [0.15, 0.2) is 29.5 Å². The minimum absolute atomic E-state index is 0.198. The molecule has 1 aromatic heterocycles. The summed E-state index contributed by atoms with van der Waals surface area (Å²) in [5, 5.41) is 4.25. The first-order chi connectivity index (χ1) is 8.31. The van der Waals surface area contributed by atoms with Gasteiger partial charge in [0.05, 0.1) is 18.7 Å². The van der Waals surface area contributed by atoms with Crippen molar-refractivity contribution in [2.24, 2.45) is 11.0 Å². The second-order valence-electron chi connectivity index (χ2n) is 3.90. The molecule has 1 atom stereocenters. The van der Waals surface area contributed by atoms with E-state index in [1.54, 1.807) is 6.20 Å². The largest absolute Gasteiger partial charge is 0.469 e. The number of esters is 1. The van der Waals surface area contributed by atoms with Gasteiger partial charge in [-0.3, -0.25) is 10.2 Å². The van der Waals surface area contributed by atoms with Crippen LogP contribution in [0.25, 0.3) is 0 Å². The maximum absolute atomic E-state index is 11.5. The zero-order chi connectivity index (χ0) is 12.1. The van der Waals surface area contributed by atoms with Gasteiger partial charge in [0.25, 0.3) is 0 Å². The normalized spacial score (nSPS) is 21.5. The van der Waals surface area contributed by atoms with Crippen molar-refractivity contribution < 1.29 is 9.53 Å². The molecule has 1 fully saturated rings. The van der Waals surface area contributed by atoms with Crippen molar-refractivity contribution >= 4 is 17.5 Å². The van der Waals surface area contributed by atoms with Crippen molar-refractivity contribution in [2.45, 2.75) is 19.3 Å². The quantitative estimate of drug-likeness (QED) is 0.639. The molecule has 1 aliphatic carbocycles. The van der Waals surface area contributed by atoms with E-state index in [1.165, 1.54) is 7.11 Å². The standard InChI is InChI=1S/C12H15N3O2/c1-17-12(16)9-5-4-6-10(9)14-15-11-7-2-3-8-13-11/h2-3,7-9H,4-6H2,1H3,(H,13,15)/b14-10+. The molecule has 0 aromatic carbocycles.